The molecule has 0 spiro atoms. The van der Waals surface area contributed by atoms with E-state index >= 15 is 0 Å². The Bertz CT molecular complexity index is 1140. The summed E-state index contributed by atoms with van der Waals surface area (Å²) in [4.78, 5) is 13.2. The van der Waals surface area contributed by atoms with Crippen LogP contribution in [0.4, 0.5) is 0 Å². The van der Waals surface area contributed by atoms with Crippen molar-refractivity contribution in [2.75, 3.05) is 6.61 Å². The second-order valence-corrected chi connectivity index (χ2v) is 9.34. The van der Waals surface area contributed by atoms with E-state index in [9.17, 15) is 13.2 Å². The van der Waals surface area contributed by atoms with Crippen LogP contribution in [0.15, 0.2) is 83.8 Å². The summed E-state index contributed by atoms with van der Waals surface area (Å²) >= 11 is 0. The van der Waals surface area contributed by atoms with Gasteiger partial charge in [-0.15, -0.1) is 0 Å². The molecular formula is C25H28N2O4S. The van der Waals surface area contributed by atoms with Gasteiger partial charge >= 0.3 is 0 Å². The maximum Gasteiger partial charge on any atom is 0.252 e. The van der Waals surface area contributed by atoms with Crippen LogP contribution < -0.4 is 14.8 Å². The Balaban J connectivity index is 1.90. The Kier molecular flexibility index (Phi) is 7.66. The summed E-state index contributed by atoms with van der Waals surface area (Å²) in [7, 11) is -3.70. The summed E-state index contributed by atoms with van der Waals surface area (Å²) in [6.45, 7) is 5.99. The van der Waals surface area contributed by atoms with E-state index in [1.807, 2.05) is 61.5 Å². The maximum atomic E-state index is 13.1. The number of amides is 1. The summed E-state index contributed by atoms with van der Waals surface area (Å²) in [6.07, 6.45) is 0. The van der Waals surface area contributed by atoms with Crippen molar-refractivity contribution in [2.45, 2.75) is 37.8 Å². The smallest absolute Gasteiger partial charge is 0.252 e. The zero-order valence-corrected chi connectivity index (χ0v) is 19.2. The van der Waals surface area contributed by atoms with Crippen molar-refractivity contribution in [3.05, 3.63) is 95.6 Å². The highest BCUT2D eigenvalue weighted by molar-refractivity contribution is 7.89. The van der Waals surface area contributed by atoms with Crippen LogP contribution in [0.3, 0.4) is 0 Å². The van der Waals surface area contributed by atoms with E-state index < -0.39 is 16.1 Å². The highest BCUT2D eigenvalue weighted by atomic mass is 32.2. The van der Waals surface area contributed by atoms with Crippen molar-refractivity contribution in [2.24, 2.45) is 0 Å². The summed E-state index contributed by atoms with van der Waals surface area (Å²) in [5, 5.41) is 3.04. The van der Waals surface area contributed by atoms with Gasteiger partial charge < -0.3 is 10.1 Å². The number of carbonyl (C=O) groups excluding carboxylic acids is 1. The molecule has 0 aliphatic heterocycles. The number of rotatable bonds is 9. The molecule has 0 saturated carbocycles. The number of benzene rings is 3. The molecule has 0 bridgehead atoms. The molecule has 0 aliphatic carbocycles. The van der Waals surface area contributed by atoms with E-state index in [0.717, 1.165) is 16.9 Å². The SMILES string of the molecule is CCOc1ccc(C(NC(=O)c2cccc(S(=O)(=O)NC(C)C)c2)c2ccccc2)cc1. The minimum atomic E-state index is -3.70. The highest BCUT2D eigenvalue weighted by Crippen LogP contribution is 2.25. The summed E-state index contributed by atoms with van der Waals surface area (Å²) in [6, 6.07) is 22.5. The first-order chi connectivity index (χ1) is 15.3. The molecule has 1 unspecified atom stereocenters. The van der Waals surface area contributed by atoms with E-state index in [0.29, 0.717) is 6.61 Å². The average molecular weight is 453 g/mol. The lowest BCUT2D eigenvalue weighted by Crippen LogP contribution is -2.31. The van der Waals surface area contributed by atoms with Crippen LogP contribution in [-0.2, 0) is 10.0 Å². The third-order valence-electron chi connectivity index (χ3n) is 4.73. The summed E-state index contributed by atoms with van der Waals surface area (Å²) < 4.78 is 33.1. The number of hydrogen-bond acceptors (Lipinski definition) is 4. The van der Waals surface area contributed by atoms with Gasteiger partial charge in [-0.2, -0.15) is 0 Å². The molecule has 0 radical (unpaired) electrons. The minimum Gasteiger partial charge on any atom is -0.494 e. The molecular weight excluding hydrogens is 424 g/mol. The Hall–Kier alpha value is -3.16. The Morgan fingerprint density at radius 1 is 0.906 bits per heavy atom. The number of nitrogens with one attached hydrogen (secondary N) is 2. The predicted octanol–water partition coefficient (Wildman–Crippen LogP) is 4.29. The van der Waals surface area contributed by atoms with Crippen molar-refractivity contribution in [3.63, 3.8) is 0 Å². The molecule has 0 fully saturated rings. The van der Waals surface area contributed by atoms with Crippen LogP contribution in [0.5, 0.6) is 5.75 Å². The fraction of sp³-hybridized carbons (Fsp3) is 0.240. The van der Waals surface area contributed by atoms with Gasteiger partial charge in [-0.3, -0.25) is 4.79 Å². The Morgan fingerprint density at radius 2 is 1.56 bits per heavy atom. The van der Waals surface area contributed by atoms with E-state index in [1.165, 1.54) is 12.1 Å². The fourth-order valence-electron chi connectivity index (χ4n) is 3.33. The van der Waals surface area contributed by atoms with Gasteiger partial charge in [0.1, 0.15) is 5.75 Å². The Labute approximate surface area is 189 Å². The van der Waals surface area contributed by atoms with Crippen molar-refractivity contribution < 1.29 is 17.9 Å². The minimum absolute atomic E-state index is 0.0520. The quantitative estimate of drug-likeness (QED) is 0.507. The molecule has 3 aromatic carbocycles. The van der Waals surface area contributed by atoms with E-state index in [-0.39, 0.29) is 22.4 Å². The van der Waals surface area contributed by atoms with Crippen molar-refractivity contribution in [1.29, 1.82) is 0 Å². The van der Waals surface area contributed by atoms with Crippen LogP contribution in [0.2, 0.25) is 0 Å². The largest absolute Gasteiger partial charge is 0.494 e. The van der Waals surface area contributed by atoms with Crippen LogP contribution in [-0.4, -0.2) is 27.0 Å². The predicted molar refractivity (Wildman–Crippen MR) is 125 cm³/mol. The van der Waals surface area contributed by atoms with Gasteiger partial charge in [0.2, 0.25) is 10.0 Å². The van der Waals surface area contributed by atoms with Crippen molar-refractivity contribution in [3.8, 4) is 5.75 Å². The van der Waals surface area contributed by atoms with E-state index in [4.69, 9.17) is 4.74 Å². The topological polar surface area (TPSA) is 84.5 Å². The van der Waals surface area contributed by atoms with Gasteiger partial charge in [0.25, 0.3) is 5.91 Å². The molecule has 2 N–H and O–H groups in total. The molecule has 1 atom stereocenters. The van der Waals surface area contributed by atoms with Gasteiger partial charge in [-0.05, 0) is 62.2 Å². The normalized spacial score (nSPS) is 12.4. The number of sulfonamides is 1. The molecule has 168 valence electrons. The fourth-order valence-corrected chi connectivity index (χ4v) is 4.62. The van der Waals surface area contributed by atoms with Crippen LogP contribution in [0, 0.1) is 0 Å². The zero-order valence-electron chi connectivity index (χ0n) is 18.4. The number of ether oxygens (including phenoxy) is 1. The van der Waals surface area contributed by atoms with Crippen molar-refractivity contribution in [1.82, 2.24) is 10.0 Å². The molecule has 1 amide bonds. The van der Waals surface area contributed by atoms with Crippen LogP contribution in [0.25, 0.3) is 0 Å². The molecule has 3 rings (SSSR count). The molecule has 0 aliphatic rings. The number of hydrogen-bond donors (Lipinski definition) is 2. The molecule has 32 heavy (non-hydrogen) atoms. The van der Waals surface area contributed by atoms with Gasteiger partial charge in [-0.1, -0.05) is 48.5 Å². The second kappa shape index (κ2) is 10.4. The lowest BCUT2D eigenvalue weighted by atomic mass is 9.98. The van der Waals surface area contributed by atoms with Gasteiger partial charge in [-0.25, -0.2) is 13.1 Å². The highest BCUT2D eigenvalue weighted by Gasteiger charge is 2.21. The third kappa shape index (κ3) is 5.96. The standard InChI is InChI=1S/C25H28N2O4S/c1-4-31-22-15-13-20(14-16-22)24(19-9-6-5-7-10-19)26-25(28)21-11-8-12-23(17-21)32(29,30)27-18(2)3/h5-18,24,27H,4H2,1-3H3,(H,26,28). The Morgan fingerprint density at radius 3 is 2.19 bits per heavy atom. The molecule has 0 saturated heterocycles. The van der Waals surface area contributed by atoms with Crippen LogP contribution >= 0.6 is 0 Å². The summed E-state index contributed by atoms with van der Waals surface area (Å²) in [5.74, 6) is 0.388. The first-order valence-electron chi connectivity index (χ1n) is 10.5. The monoisotopic (exact) mass is 452 g/mol. The number of carbonyl (C=O) groups is 1. The molecule has 6 nitrogen and oxygen atoms in total. The molecule has 0 heterocycles. The van der Waals surface area contributed by atoms with Gasteiger partial charge in [0.05, 0.1) is 17.5 Å². The van der Waals surface area contributed by atoms with E-state index in [1.54, 1.807) is 26.0 Å². The molecule has 3 aromatic rings. The van der Waals surface area contributed by atoms with Crippen molar-refractivity contribution >= 4 is 15.9 Å². The van der Waals surface area contributed by atoms with Gasteiger partial charge in [0, 0.05) is 11.6 Å². The third-order valence-corrected chi connectivity index (χ3v) is 6.39. The second-order valence-electron chi connectivity index (χ2n) is 7.62. The maximum absolute atomic E-state index is 13.1. The molecule has 7 heteroatoms. The average Bonchev–Trinajstić information content (AvgIpc) is 2.78. The molecule has 0 aromatic heterocycles. The first kappa shape index (κ1) is 23.5. The first-order valence-corrected chi connectivity index (χ1v) is 12.0. The lowest BCUT2D eigenvalue weighted by Gasteiger charge is -2.20. The lowest BCUT2D eigenvalue weighted by molar-refractivity contribution is 0.0942. The van der Waals surface area contributed by atoms with Crippen LogP contribution in [0.1, 0.15) is 48.3 Å². The van der Waals surface area contributed by atoms with E-state index in [2.05, 4.69) is 10.0 Å². The van der Waals surface area contributed by atoms with Gasteiger partial charge in [0.15, 0.2) is 0 Å². The summed E-state index contributed by atoms with van der Waals surface area (Å²) in [5.41, 5.74) is 2.07. The zero-order chi connectivity index (χ0) is 23.1.